The van der Waals surface area contributed by atoms with Gasteiger partial charge in [-0.05, 0) is 102 Å². The first-order valence-electron chi connectivity index (χ1n) is 19.9. The Hall–Kier alpha value is -5.36. The Morgan fingerprint density at radius 2 is 0.696 bits per heavy atom. The molecule has 0 heterocycles. The van der Waals surface area contributed by atoms with Crippen LogP contribution in [0.5, 0.6) is 11.5 Å². The minimum absolute atomic E-state index is 0.216. The van der Waals surface area contributed by atoms with E-state index in [1.807, 2.05) is 48.5 Å². The molecule has 0 radical (unpaired) electrons. The van der Waals surface area contributed by atoms with Gasteiger partial charge in [0, 0.05) is 22.3 Å². The van der Waals surface area contributed by atoms with Gasteiger partial charge >= 0.3 is 0 Å². The lowest BCUT2D eigenvalue weighted by Crippen LogP contribution is -2.04. The quantitative estimate of drug-likeness (QED) is 0.0642. The van der Waals surface area contributed by atoms with Crippen molar-refractivity contribution in [2.75, 3.05) is 13.2 Å². The Balaban J connectivity index is 0.904. The van der Waals surface area contributed by atoms with Gasteiger partial charge in [0.05, 0.1) is 13.2 Å². The molecule has 6 rings (SSSR count). The van der Waals surface area contributed by atoms with Crippen molar-refractivity contribution in [1.29, 1.82) is 0 Å². The van der Waals surface area contributed by atoms with Gasteiger partial charge in [-0.15, -0.1) is 0 Å². The number of hydrogen-bond acceptors (Lipinski definition) is 2. The zero-order chi connectivity index (χ0) is 39.4. The second-order valence-electron chi connectivity index (χ2n) is 14.6. The van der Waals surface area contributed by atoms with Crippen LogP contribution >= 0.6 is 0 Å². The molecule has 0 saturated heterocycles. The molecule has 290 valence electrons. The summed E-state index contributed by atoms with van der Waals surface area (Å²) in [5.41, 5.74) is 5.78. The predicted molar refractivity (Wildman–Crippen MR) is 221 cm³/mol. The van der Waals surface area contributed by atoms with E-state index in [4.69, 9.17) is 9.47 Å². The fraction of sp³-hybridized carbons (Fsp3) is 0.280. The van der Waals surface area contributed by atoms with E-state index in [-0.39, 0.29) is 22.3 Å². The highest BCUT2D eigenvalue weighted by Gasteiger charge is 2.18. The fourth-order valence-electron chi connectivity index (χ4n) is 7.12. The van der Waals surface area contributed by atoms with Crippen molar-refractivity contribution < 1.29 is 27.0 Å². The summed E-state index contributed by atoms with van der Waals surface area (Å²) in [6.45, 7) is 7.55. The number of rotatable bonds is 18. The standard InChI is InChI=1S/C50H50F4O2/c1-4-8-35-12-16-37(17-13-35)43-28-30-45(49(53)47(43)51)39-20-24-41(25-21-39)55-32-6-10-34(3)11-7-33-56-42-26-22-40(23-27-42)46-31-29-44(48(52)50(46)54)38-18-14-36(9-5-2)15-19-38/h12-31,34H,4-11,32-33H2,1-3H3. The Bertz CT molecular complexity index is 2000. The van der Waals surface area contributed by atoms with Crippen molar-refractivity contribution in [3.63, 3.8) is 0 Å². The molecular weight excluding hydrogens is 709 g/mol. The van der Waals surface area contributed by atoms with Crippen LogP contribution in [0.15, 0.2) is 121 Å². The van der Waals surface area contributed by atoms with Crippen LogP contribution in [-0.2, 0) is 12.8 Å². The van der Waals surface area contributed by atoms with Crippen LogP contribution in [0.25, 0.3) is 44.5 Å². The molecule has 0 atom stereocenters. The summed E-state index contributed by atoms with van der Waals surface area (Å²) in [6, 6.07) is 36.0. The van der Waals surface area contributed by atoms with E-state index in [2.05, 4.69) is 20.8 Å². The van der Waals surface area contributed by atoms with E-state index in [0.717, 1.165) is 51.4 Å². The van der Waals surface area contributed by atoms with Crippen LogP contribution in [-0.4, -0.2) is 13.2 Å². The fourth-order valence-corrected chi connectivity index (χ4v) is 7.12. The molecule has 0 amide bonds. The van der Waals surface area contributed by atoms with Crippen LogP contribution in [0.4, 0.5) is 17.6 Å². The van der Waals surface area contributed by atoms with Crippen LogP contribution < -0.4 is 9.47 Å². The van der Waals surface area contributed by atoms with Gasteiger partial charge in [-0.2, -0.15) is 0 Å². The number of hydrogen-bond donors (Lipinski definition) is 0. The molecule has 6 aromatic carbocycles. The largest absolute Gasteiger partial charge is 0.494 e. The summed E-state index contributed by atoms with van der Waals surface area (Å²) in [4.78, 5) is 0. The molecule has 0 aliphatic heterocycles. The molecule has 0 N–H and O–H groups in total. The average molecular weight is 759 g/mol. The number of aryl methyl sites for hydroxylation is 2. The van der Waals surface area contributed by atoms with Gasteiger partial charge in [-0.3, -0.25) is 0 Å². The lowest BCUT2D eigenvalue weighted by atomic mass is 9.97. The second kappa shape index (κ2) is 19.5. The minimum atomic E-state index is -0.859. The third-order valence-corrected chi connectivity index (χ3v) is 10.3. The van der Waals surface area contributed by atoms with Crippen LogP contribution in [0.2, 0.25) is 0 Å². The first-order valence-corrected chi connectivity index (χ1v) is 19.9. The third kappa shape index (κ3) is 10.1. The highest BCUT2D eigenvalue weighted by molar-refractivity contribution is 5.73. The first-order chi connectivity index (χ1) is 27.2. The molecule has 6 aromatic rings. The molecule has 0 aliphatic rings. The lowest BCUT2D eigenvalue weighted by Gasteiger charge is -2.13. The smallest absolute Gasteiger partial charge is 0.167 e. The van der Waals surface area contributed by atoms with E-state index in [1.165, 1.54) is 11.1 Å². The Kier molecular flexibility index (Phi) is 14.0. The highest BCUT2D eigenvalue weighted by atomic mass is 19.2. The molecule has 6 heteroatoms. The molecule has 0 unspecified atom stereocenters. The van der Waals surface area contributed by atoms with Crippen LogP contribution in [0.1, 0.15) is 70.4 Å². The molecule has 56 heavy (non-hydrogen) atoms. The minimum Gasteiger partial charge on any atom is -0.494 e. The normalized spacial score (nSPS) is 11.3. The number of benzene rings is 6. The Morgan fingerprint density at radius 1 is 0.411 bits per heavy atom. The summed E-state index contributed by atoms with van der Waals surface area (Å²) < 4.78 is 72.5. The summed E-state index contributed by atoms with van der Waals surface area (Å²) >= 11 is 0. The zero-order valence-corrected chi connectivity index (χ0v) is 32.5. The lowest BCUT2D eigenvalue weighted by molar-refractivity contribution is 0.274. The Morgan fingerprint density at radius 3 is 0.982 bits per heavy atom. The summed E-state index contributed by atoms with van der Waals surface area (Å²) in [5.74, 6) is -1.56. The average Bonchev–Trinajstić information content (AvgIpc) is 3.22. The van der Waals surface area contributed by atoms with E-state index in [0.29, 0.717) is 52.9 Å². The summed E-state index contributed by atoms with van der Waals surface area (Å²) in [5, 5.41) is 0. The van der Waals surface area contributed by atoms with Gasteiger partial charge in [0.2, 0.25) is 0 Å². The van der Waals surface area contributed by atoms with Gasteiger partial charge in [0.25, 0.3) is 0 Å². The van der Waals surface area contributed by atoms with Gasteiger partial charge in [0.15, 0.2) is 23.3 Å². The van der Waals surface area contributed by atoms with Crippen molar-refractivity contribution in [3.8, 4) is 56.0 Å². The molecule has 2 nitrogen and oxygen atoms in total. The molecule has 0 saturated carbocycles. The van der Waals surface area contributed by atoms with Gasteiger partial charge in [-0.25, -0.2) is 17.6 Å². The highest BCUT2D eigenvalue weighted by Crippen LogP contribution is 2.34. The molecule has 0 aliphatic carbocycles. The third-order valence-electron chi connectivity index (χ3n) is 10.3. The maximum absolute atomic E-state index is 15.2. The Labute approximate surface area is 329 Å². The maximum Gasteiger partial charge on any atom is 0.167 e. The molecule has 0 fully saturated rings. The maximum atomic E-state index is 15.2. The molecule has 0 bridgehead atoms. The zero-order valence-electron chi connectivity index (χ0n) is 32.5. The molecule has 0 spiro atoms. The van der Waals surface area contributed by atoms with E-state index in [1.54, 1.807) is 72.8 Å². The van der Waals surface area contributed by atoms with Gasteiger partial charge in [0.1, 0.15) is 11.5 Å². The van der Waals surface area contributed by atoms with E-state index >= 15 is 17.6 Å². The van der Waals surface area contributed by atoms with Crippen molar-refractivity contribution in [3.05, 3.63) is 156 Å². The van der Waals surface area contributed by atoms with Crippen molar-refractivity contribution in [1.82, 2.24) is 0 Å². The van der Waals surface area contributed by atoms with Gasteiger partial charge in [-0.1, -0.05) is 131 Å². The molecular formula is C50H50F4O2. The predicted octanol–water partition coefficient (Wildman–Crippen LogP) is 14.5. The number of halogens is 4. The SMILES string of the molecule is CCCc1ccc(-c2ccc(-c3ccc(OCCCC(C)CCCOc4ccc(-c5ccc(-c6ccc(CCC)cc6)c(F)c5F)cc4)cc3)c(F)c2F)cc1. The first kappa shape index (κ1) is 40.3. The monoisotopic (exact) mass is 758 g/mol. The van der Waals surface area contributed by atoms with Crippen LogP contribution in [0.3, 0.4) is 0 Å². The van der Waals surface area contributed by atoms with Crippen molar-refractivity contribution >= 4 is 0 Å². The second-order valence-corrected chi connectivity index (χ2v) is 14.6. The van der Waals surface area contributed by atoms with E-state index < -0.39 is 23.3 Å². The topological polar surface area (TPSA) is 18.5 Å². The molecule has 0 aromatic heterocycles. The summed E-state index contributed by atoms with van der Waals surface area (Å²) in [6.07, 6.45) is 7.73. The number of ether oxygens (including phenoxy) is 2. The van der Waals surface area contributed by atoms with Crippen LogP contribution in [0, 0.1) is 29.2 Å². The van der Waals surface area contributed by atoms with Crippen molar-refractivity contribution in [2.45, 2.75) is 72.1 Å². The van der Waals surface area contributed by atoms with Gasteiger partial charge < -0.3 is 9.47 Å². The van der Waals surface area contributed by atoms with E-state index in [9.17, 15) is 0 Å². The van der Waals surface area contributed by atoms with Crippen molar-refractivity contribution in [2.24, 2.45) is 5.92 Å². The summed E-state index contributed by atoms with van der Waals surface area (Å²) in [7, 11) is 0.